The van der Waals surface area contributed by atoms with Gasteiger partial charge in [-0.1, -0.05) is 19.1 Å². The number of carbonyl (C=O) groups is 2. The first-order valence-corrected chi connectivity index (χ1v) is 5.67. The molecule has 0 aliphatic heterocycles. The molecule has 18 heavy (non-hydrogen) atoms. The van der Waals surface area contributed by atoms with Gasteiger partial charge in [0.05, 0.1) is 0 Å². The molecule has 2 N–H and O–H groups in total. The smallest absolute Gasteiger partial charge is 0.325 e. The first-order chi connectivity index (χ1) is 8.40. The molecule has 0 aromatic heterocycles. The van der Waals surface area contributed by atoms with Gasteiger partial charge in [0, 0.05) is 6.42 Å². The van der Waals surface area contributed by atoms with Crippen molar-refractivity contribution in [2.45, 2.75) is 32.2 Å². The number of carboxylic acid groups (broad SMARTS) is 1. The molecule has 1 aromatic rings. The lowest BCUT2D eigenvalue weighted by atomic mass is 9.97. The molecule has 0 saturated heterocycles. The van der Waals surface area contributed by atoms with Crippen molar-refractivity contribution in [3.8, 4) is 0 Å². The molecule has 0 saturated carbocycles. The van der Waals surface area contributed by atoms with Crippen LogP contribution in [0.5, 0.6) is 0 Å². The Morgan fingerprint density at radius 2 is 2.06 bits per heavy atom. The zero-order valence-electron chi connectivity index (χ0n) is 10.3. The Hall–Kier alpha value is -1.91. The molecular weight excluding hydrogens is 237 g/mol. The fraction of sp³-hybridized carbons (Fsp3) is 0.385. The Labute approximate surface area is 105 Å². The first-order valence-electron chi connectivity index (χ1n) is 5.67. The van der Waals surface area contributed by atoms with Crippen molar-refractivity contribution in [2.75, 3.05) is 0 Å². The summed E-state index contributed by atoms with van der Waals surface area (Å²) < 4.78 is 13.0. The van der Waals surface area contributed by atoms with E-state index < -0.39 is 12.0 Å². The van der Waals surface area contributed by atoms with Crippen LogP contribution in [0.4, 0.5) is 4.39 Å². The zero-order chi connectivity index (χ0) is 13.7. The molecule has 0 fully saturated rings. The van der Waals surface area contributed by atoms with Gasteiger partial charge in [0.15, 0.2) is 0 Å². The summed E-state index contributed by atoms with van der Waals surface area (Å²) in [6, 6.07) is 5.11. The molecule has 98 valence electrons. The summed E-state index contributed by atoms with van der Waals surface area (Å²) in [6.45, 7) is 3.19. The number of rotatable bonds is 5. The molecule has 0 aliphatic rings. The van der Waals surface area contributed by atoms with Gasteiger partial charge in [-0.15, -0.1) is 0 Å². The largest absolute Gasteiger partial charge is 0.480 e. The molecular formula is C13H16FNO3. The minimum Gasteiger partial charge on any atom is -0.480 e. The van der Waals surface area contributed by atoms with Gasteiger partial charge < -0.3 is 10.4 Å². The van der Waals surface area contributed by atoms with Crippen LogP contribution in [-0.2, 0) is 9.59 Å². The predicted octanol–water partition coefficient (Wildman–Crippen LogP) is 1.91. The number of halogens is 1. The topological polar surface area (TPSA) is 66.4 Å². The monoisotopic (exact) mass is 253 g/mol. The van der Waals surface area contributed by atoms with Crippen LogP contribution in [-0.4, -0.2) is 23.0 Å². The number of hydrogen-bond acceptors (Lipinski definition) is 2. The zero-order valence-corrected chi connectivity index (χ0v) is 10.3. The number of nitrogens with one attached hydrogen (secondary N) is 1. The quantitative estimate of drug-likeness (QED) is 0.842. The Bertz CT molecular complexity index is 448. The highest BCUT2D eigenvalue weighted by Gasteiger charge is 2.17. The average Bonchev–Trinajstić information content (AvgIpc) is 2.28. The normalized spacial score (nSPS) is 13.7. The Balaban J connectivity index is 2.57. The van der Waals surface area contributed by atoms with E-state index in [0.717, 1.165) is 0 Å². The SMILES string of the molecule is CC(NC(=O)CC(C)c1cccc(F)c1)C(=O)O. The summed E-state index contributed by atoms with van der Waals surface area (Å²) in [4.78, 5) is 22.1. The Morgan fingerprint density at radius 1 is 1.39 bits per heavy atom. The van der Waals surface area contributed by atoms with E-state index in [4.69, 9.17) is 5.11 Å². The van der Waals surface area contributed by atoms with Gasteiger partial charge in [-0.2, -0.15) is 0 Å². The van der Waals surface area contributed by atoms with Crippen LogP contribution in [0.2, 0.25) is 0 Å². The number of carbonyl (C=O) groups excluding carboxylic acids is 1. The van der Waals surface area contributed by atoms with Gasteiger partial charge in [0.25, 0.3) is 0 Å². The summed E-state index contributed by atoms with van der Waals surface area (Å²) >= 11 is 0. The third-order valence-corrected chi connectivity index (χ3v) is 2.66. The second-order valence-electron chi connectivity index (χ2n) is 4.29. The summed E-state index contributed by atoms with van der Waals surface area (Å²) in [5, 5.41) is 11.0. The van der Waals surface area contributed by atoms with Crippen molar-refractivity contribution in [3.05, 3.63) is 35.6 Å². The summed E-state index contributed by atoms with van der Waals surface area (Å²) in [7, 11) is 0. The van der Waals surface area contributed by atoms with E-state index in [-0.39, 0.29) is 24.1 Å². The third kappa shape index (κ3) is 4.16. The lowest BCUT2D eigenvalue weighted by Crippen LogP contribution is -2.38. The molecule has 0 aliphatic carbocycles. The predicted molar refractivity (Wildman–Crippen MR) is 64.7 cm³/mol. The van der Waals surface area contributed by atoms with Crippen molar-refractivity contribution >= 4 is 11.9 Å². The number of benzene rings is 1. The molecule has 0 bridgehead atoms. The maximum Gasteiger partial charge on any atom is 0.325 e. The van der Waals surface area contributed by atoms with Crippen LogP contribution in [0, 0.1) is 5.82 Å². The average molecular weight is 253 g/mol. The first kappa shape index (κ1) is 14.2. The summed E-state index contributed by atoms with van der Waals surface area (Å²) in [5.41, 5.74) is 0.716. The van der Waals surface area contributed by atoms with Gasteiger partial charge in [0.1, 0.15) is 11.9 Å². The van der Waals surface area contributed by atoms with E-state index in [1.165, 1.54) is 19.1 Å². The lowest BCUT2D eigenvalue weighted by Gasteiger charge is -2.14. The molecule has 1 amide bonds. The van der Waals surface area contributed by atoms with Crippen LogP contribution in [0.1, 0.15) is 31.7 Å². The molecule has 5 heteroatoms. The van der Waals surface area contributed by atoms with Gasteiger partial charge in [-0.25, -0.2) is 4.39 Å². The fourth-order valence-corrected chi connectivity index (χ4v) is 1.57. The van der Waals surface area contributed by atoms with Crippen LogP contribution in [0.15, 0.2) is 24.3 Å². The van der Waals surface area contributed by atoms with E-state index in [2.05, 4.69) is 5.32 Å². The maximum atomic E-state index is 13.0. The van der Waals surface area contributed by atoms with E-state index in [9.17, 15) is 14.0 Å². The van der Waals surface area contributed by atoms with Crippen molar-refractivity contribution < 1.29 is 19.1 Å². The van der Waals surface area contributed by atoms with Gasteiger partial charge in [-0.05, 0) is 30.5 Å². The molecule has 2 unspecified atom stereocenters. The van der Waals surface area contributed by atoms with Crippen LogP contribution in [0.25, 0.3) is 0 Å². The highest BCUT2D eigenvalue weighted by Crippen LogP contribution is 2.19. The Morgan fingerprint density at radius 3 is 2.61 bits per heavy atom. The lowest BCUT2D eigenvalue weighted by molar-refractivity contribution is -0.141. The van der Waals surface area contributed by atoms with E-state index in [1.54, 1.807) is 19.1 Å². The molecule has 0 heterocycles. The highest BCUT2D eigenvalue weighted by atomic mass is 19.1. The van der Waals surface area contributed by atoms with Crippen molar-refractivity contribution in [2.24, 2.45) is 0 Å². The van der Waals surface area contributed by atoms with Crippen molar-refractivity contribution in [3.63, 3.8) is 0 Å². The summed E-state index contributed by atoms with van der Waals surface area (Å²) in [6.07, 6.45) is 0.126. The molecule has 0 radical (unpaired) electrons. The van der Waals surface area contributed by atoms with E-state index in [0.29, 0.717) is 5.56 Å². The van der Waals surface area contributed by atoms with Gasteiger partial charge in [-0.3, -0.25) is 9.59 Å². The standard InChI is InChI=1S/C13H16FNO3/c1-8(10-4-3-5-11(14)7-10)6-12(16)15-9(2)13(17)18/h3-5,7-9H,6H2,1-2H3,(H,15,16)(H,17,18). The van der Waals surface area contributed by atoms with E-state index in [1.807, 2.05) is 0 Å². The molecule has 2 atom stereocenters. The van der Waals surface area contributed by atoms with Gasteiger partial charge >= 0.3 is 5.97 Å². The number of carboxylic acids is 1. The molecule has 1 rings (SSSR count). The minimum atomic E-state index is -1.08. The minimum absolute atomic E-state index is 0.126. The van der Waals surface area contributed by atoms with Crippen LogP contribution in [0.3, 0.4) is 0 Å². The third-order valence-electron chi connectivity index (χ3n) is 2.66. The Kier molecular flexibility index (Phi) is 4.83. The van der Waals surface area contributed by atoms with Crippen molar-refractivity contribution in [1.82, 2.24) is 5.32 Å². The van der Waals surface area contributed by atoms with E-state index >= 15 is 0 Å². The molecule has 0 spiro atoms. The molecule has 1 aromatic carbocycles. The number of aliphatic carboxylic acids is 1. The second kappa shape index (κ2) is 6.14. The molecule has 4 nitrogen and oxygen atoms in total. The second-order valence-corrected chi connectivity index (χ2v) is 4.29. The number of amides is 1. The highest BCUT2D eigenvalue weighted by molar-refractivity contribution is 5.83. The van der Waals surface area contributed by atoms with Crippen molar-refractivity contribution in [1.29, 1.82) is 0 Å². The maximum absolute atomic E-state index is 13.0. The van der Waals surface area contributed by atoms with Crippen LogP contribution < -0.4 is 5.32 Å². The fourth-order valence-electron chi connectivity index (χ4n) is 1.57. The number of hydrogen-bond donors (Lipinski definition) is 2. The van der Waals surface area contributed by atoms with Gasteiger partial charge in [0.2, 0.25) is 5.91 Å². The van der Waals surface area contributed by atoms with Crippen LogP contribution >= 0.6 is 0 Å². The summed E-state index contributed by atoms with van der Waals surface area (Å²) in [5.74, 6) is -1.95.